The average molecular weight is 253 g/mol. The molecule has 2 saturated carbocycles. The number of rotatable bonds is 2. The van der Waals surface area contributed by atoms with Gasteiger partial charge >= 0.3 is 5.97 Å². The molecule has 18 heavy (non-hydrogen) atoms. The van der Waals surface area contributed by atoms with Crippen molar-refractivity contribution >= 4 is 5.97 Å². The van der Waals surface area contributed by atoms with E-state index >= 15 is 0 Å². The van der Waals surface area contributed by atoms with Gasteiger partial charge in [-0.3, -0.25) is 4.79 Å². The first-order valence-electron chi connectivity index (χ1n) is 7.52. The summed E-state index contributed by atoms with van der Waals surface area (Å²) in [7, 11) is 0. The lowest BCUT2D eigenvalue weighted by atomic mass is 9.80. The Morgan fingerprint density at radius 1 is 1.00 bits per heavy atom. The average Bonchev–Trinajstić information content (AvgIpc) is 2.34. The summed E-state index contributed by atoms with van der Waals surface area (Å²) in [4.78, 5) is 12.1. The zero-order valence-electron chi connectivity index (χ0n) is 11.7. The summed E-state index contributed by atoms with van der Waals surface area (Å²) < 4.78 is 5.71. The predicted molar refractivity (Wildman–Crippen MR) is 72.0 cm³/mol. The molecule has 3 nitrogen and oxygen atoms in total. The van der Waals surface area contributed by atoms with E-state index in [0.717, 1.165) is 44.4 Å². The van der Waals surface area contributed by atoms with Crippen molar-refractivity contribution in [3.05, 3.63) is 0 Å². The highest BCUT2D eigenvalue weighted by Gasteiger charge is 2.31. The minimum atomic E-state index is 0.0358. The highest BCUT2D eigenvalue weighted by Crippen LogP contribution is 2.32. The Morgan fingerprint density at radius 3 is 2.28 bits per heavy atom. The van der Waals surface area contributed by atoms with Gasteiger partial charge in [-0.05, 0) is 56.8 Å². The molecule has 0 saturated heterocycles. The van der Waals surface area contributed by atoms with E-state index in [1.54, 1.807) is 0 Å². The lowest BCUT2D eigenvalue weighted by molar-refractivity contribution is -0.158. The molecule has 0 aliphatic heterocycles. The Balaban J connectivity index is 1.77. The number of esters is 1. The Labute approximate surface area is 110 Å². The summed E-state index contributed by atoms with van der Waals surface area (Å²) in [6.07, 6.45) is 7.21. The molecule has 2 N–H and O–H groups in total. The third-order valence-corrected chi connectivity index (χ3v) is 4.94. The van der Waals surface area contributed by atoms with E-state index in [0.29, 0.717) is 12.0 Å². The molecule has 0 aromatic rings. The normalized spacial score (nSPS) is 41.4. The Kier molecular flexibility index (Phi) is 4.66. The first-order valence-corrected chi connectivity index (χ1v) is 7.52. The monoisotopic (exact) mass is 253 g/mol. The van der Waals surface area contributed by atoms with Crippen molar-refractivity contribution in [1.82, 2.24) is 0 Å². The molecular formula is C15H27NO2. The molecule has 0 aromatic carbocycles. The second kappa shape index (κ2) is 6.05. The van der Waals surface area contributed by atoms with Crippen LogP contribution in [0.2, 0.25) is 0 Å². The molecule has 2 aliphatic rings. The van der Waals surface area contributed by atoms with Crippen molar-refractivity contribution in [3.63, 3.8) is 0 Å². The third-order valence-electron chi connectivity index (χ3n) is 4.94. The van der Waals surface area contributed by atoms with Crippen LogP contribution >= 0.6 is 0 Å². The second-order valence-electron chi connectivity index (χ2n) is 6.44. The lowest BCUT2D eigenvalue weighted by Crippen LogP contribution is -2.34. The van der Waals surface area contributed by atoms with Crippen LogP contribution in [0.15, 0.2) is 0 Å². The van der Waals surface area contributed by atoms with E-state index in [1.807, 2.05) is 0 Å². The highest BCUT2D eigenvalue weighted by atomic mass is 16.5. The fourth-order valence-corrected chi connectivity index (χ4v) is 3.22. The summed E-state index contributed by atoms with van der Waals surface area (Å²) in [5.41, 5.74) is 5.86. The molecule has 0 heterocycles. The Hall–Kier alpha value is -0.570. The van der Waals surface area contributed by atoms with Gasteiger partial charge in [0.15, 0.2) is 0 Å². The van der Waals surface area contributed by atoms with E-state index < -0.39 is 0 Å². The molecule has 2 fully saturated rings. The van der Waals surface area contributed by atoms with Crippen LogP contribution in [0.3, 0.4) is 0 Å². The summed E-state index contributed by atoms with van der Waals surface area (Å²) in [6, 6.07) is 0.296. The fourth-order valence-electron chi connectivity index (χ4n) is 3.22. The second-order valence-corrected chi connectivity index (χ2v) is 6.44. The molecule has 3 atom stereocenters. The zero-order chi connectivity index (χ0) is 13.1. The molecule has 3 heteroatoms. The summed E-state index contributed by atoms with van der Waals surface area (Å²) in [5.74, 6) is 1.59. The molecule has 0 spiro atoms. The van der Waals surface area contributed by atoms with Gasteiger partial charge in [-0.15, -0.1) is 0 Å². The first-order chi connectivity index (χ1) is 8.56. The first kappa shape index (κ1) is 13.9. The van der Waals surface area contributed by atoms with Gasteiger partial charge in [-0.1, -0.05) is 13.8 Å². The van der Waals surface area contributed by atoms with Crippen molar-refractivity contribution in [2.75, 3.05) is 0 Å². The number of hydrogen-bond donors (Lipinski definition) is 1. The molecule has 0 bridgehead atoms. The van der Waals surface area contributed by atoms with Crippen molar-refractivity contribution in [2.45, 2.75) is 70.9 Å². The van der Waals surface area contributed by atoms with E-state index in [9.17, 15) is 4.79 Å². The van der Waals surface area contributed by atoms with Gasteiger partial charge in [0.2, 0.25) is 0 Å². The van der Waals surface area contributed by atoms with Crippen LogP contribution in [0.25, 0.3) is 0 Å². The molecule has 2 rings (SSSR count). The zero-order valence-corrected chi connectivity index (χ0v) is 11.7. The van der Waals surface area contributed by atoms with Crippen molar-refractivity contribution in [2.24, 2.45) is 23.5 Å². The topological polar surface area (TPSA) is 52.3 Å². The third kappa shape index (κ3) is 3.47. The van der Waals surface area contributed by atoms with Crippen LogP contribution in [0.4, 0.5) is 0 Å². The molecule has 0 radical (unpaired) electrons. The Morgan fingerprint density at radius 2 is 1.67 bits per heavy atom. The highest BCUT2D eigenvalue weighted by molar-refractivity contribution is 5.72. The summed E-state index contributed by atoms with van der Waals surface area (Å²) in [6.45, 7) is 4.57. The van der Waals surface area contributed by atoms with Gasteiger partial charge in [0.05, 0.1) is 5.92 Å². The molecular weight excluding hydrogens is 226 g/mol. The predicted octanol–water partition coefficient (Wildman–Crippen LogP) is 2.87. The van der Waals surface area contributed by atoms with Crippen LogP contribution in [-0.2, 0) is 9.53 Å². The minimum Gasteiger partial charge on any atom is -0.462 e. The number of carbonyl (C=O) groups is 1. The maximum atomic E-state index is 12.1. The van der Waals surface area contributed by atoms with Crippen LogP contribution < -0.4 is 5.73 Å². The van der Waals surface area contributed by atoms with Crippen molar-refractivity contribution in [1.29, 1.82) is 0 Å². The van der Waals surface area contributed by atoms with Crippen molar-refractivity contribution in [3.8, 4) is 0 Å². The van der Waals surface area contributed by atoms with Crippen LogP contribution in [-0.4, -0.2) is 18.1 Å². The van der Waals surface area contributed by atoms with Gasteiger partial charge in [0, 0.05) is 6.04 Å². The minimum absolute atomic E-state index is 0.0358. The standard InChI is InChI=1S/C15H27NO2/c1-10-3-8-14(9-11(10)2)18-15(17)12-4-6-13(16)7-5-12/h10-14H,3-9,16H2,1-2H3. The Bertz CT molecular complexity index is 284. The fraction of sp³-hybridized carbons (Fsp3) is 0.933. The number of hydrogen-bond acceptors (Lipinski definition) is 3. The van der Waals surface area contributed by atoms with E-state index in [4.69, 9.17) is 10.5 Å². The van der Waals surface area contributed by atoms with E-state index in [2.05, 4.69) is 13.8 Å². The number of carbonyl (C=O) groups excluding carboxylic acids is 1. The van der Waals surface area contributed by atoms with Crippen LogP contribution in [0.1, 0.15) is 58.8 Å². The van der Waals surface area contributed by atoms with Crippen LogP contribution in [0, 0.1) is 17.8 Å². The molecule has 104 valence electrons. The number of ether oxygens (including phenoxy) is 1. The van der Waals surface area contributed by atoms with E-state index in [1.165, 1.54) is 6.42 Å². The molecule has 0 amide bonds. The van der Waals surface area contributed by atoms with Gasteiger partial charge in [-0.2, -0.15) is 0 Å². The molecule has 3 unspecified atom stereocenters. The van der Waals surface area contributed by atoms with E-state index in [-0.39, 0.29) is 18.0 Å². The maximum absolute atomic E-state index is 12.1. The SMILES string of the molecule is CC1CCC(OC(=O)C2CCC(N)CC2)CC1C. The smallest absolute Gasteiger partial charge is 0.309 e. The van der Waals surface area contributed by atoms with Gasteiger partial charge in [0.25, 0.3) is 0 Å². The van der Waals surface area contributed by atoms with Gasteiger partial charge < -0.3 is 10.5 Å². The maximum Gasteiger partial charge on any atom is 0.309 e. The quantitative estimate of drug-likeness (QED) is 0.770. The molecule has 0 aromatic heterocycles. The van der Waals surface area contributed by atoms with Gasteiger partial charge in [0.1, 0.15) is 6.10 Å². The number of nitrogens with two attached hydrogens (primary N) is 1. The lowest BCUT2D eigenvalue weighted by Gasteiger charge is -2.33. The molecule has 2 aliphatic carbocycles. The summed E-state index contributed by atoms with van der Waals surface area (Å²) >= 11 is 0. The van der Waals surface area contributed by atoms with Gasteiger partial charge in [-0.25, -0.2) is 0 Å². The van der Waals surface area contributed by atoms with Crippen LogP contribution in [0.5, 0.6) is 0 Å². The largest absolute Gasteiger partial charge is 0.462 e. The van der Waals surface area contributed by atoms with Crippen molar-refractivity contribution < 1.29 is 9.53 Å². The summed E-state index contributed by atoms with van der Waals surface area (Å²) in [5, 5.41) is 0.